The molecule has 0 heterocycles. The molecule has 0 spiro atoms. The quantitative estimate of drug-likeness (QED) is 0.281. The van der Waals surface area contributed by atoms with Crippen LogP contribution >= 0.6 is 0 Å². The first-order chi connectivity index (χ1) is 7.91. The Labute approximate surface area is 98.0 Å². The van der Waals surface area contributed by atoms with Crippen molar-refractivity contribution in [1.29, 1.82) is 5.41 Å². The summed E-state index contributed by atoms with van der Waals surface area (Å²) in [6.45, 7) is 0.0780. The molecule has 1 aliphatic rings. The lowest BCUT2D eigenvalue weighted by molar-refractivity contribution is -0.631. The Bertz CT molecular complexity index is 311. The molecule has 1 saturated carbocycles. The van der Waals surface area contributed by atoms with Gasteiger partial charge < -0.3 is 10.8 Å². The highest BCUT2D eigenvalue weighted by Crippen LogP contribution is 2.29. The second kappa shape index (κ2) is 5.46. The molecular formula is C9H16N4O4. The molecule has 17 heavy (non-hydrogen) atoms. The van der Waals surface area contributed by atoms with Gasteiger partial charge in [-0.2, -0.15) is 0 Å². The maximum Gasteiger partial charge on any atom is 0.306 e. The zero-order valence-electron chi connectivity index (χ0n) is 9.33. The van der Waals surface area contributed by atoms with Crippen molar-refractivity contribution in [2.45, 2.75) is 25.7 Å². The molecule has 4 N–H and O–H groups in total. The number of carboxylic acids is 1. The zero-order chi connectivity index (χ0) is 13.0. The number of hydrazine groups is 1. The molecule has 0 radical (unpaired) electrons. The second-order valence-corrected chi connectivity index (χ2v) is 4.26. The van der Waals surface area contributed by atoms with E-state index in [2.05, 4.69) is 0 Å². The third-order valence-corrected chi connectivity index (χ3v) is 3.10. The summed E-state index contributed by atoms with van der Waals surface area (Å²) in [7, 11) is 0. The van der Waals surface area contributed by atoms with Gasteiger partial charge in [0.05, 0.1) is 12.5 Å². The number of hydrogen-bond donors (Lipinski definition) is 3. The first-order valence-electron chi connectivity index (χ1n) is 5.40. The van der Waals surface area contributed by atoms with Crippen molar-refractivity contribution in [2.75, 3.05) is 6.54 Å². The standard InChI is InChI=1S/C9H16N4O4/c10-9(11)12(13(16)17)5-6-1-3-7(4-2-6)8(14)15/h6-7H,1-5H2,(H3,10,11)(H,14,15)/t6-,7-. The van der Waals surface area contributed by atoms with Gasteiger partial charge in [0.15, 0.2) is 5.03 Å². The monoisotopic (exact) mass is 244 g/mol. The molecule has 0 aliphatic heterocycles. The van der Waals surface area contributed by atoms with Gasteiger partial charge in [-0.3, -0.25) is 10.2 Å². The summed E-state index contributed by atoms with van der Waals surface area (Å²) < 4.78 is 0. The SMILES string of the molecule is N=C(N)N(C[C@H]1CC[C@H](C(=O)O)CC1)[N+](=O)[O-]. The van der Waals surface area contributed by atoms with E-state index in [1.807, 2.05) is 0 Å². The van der Waals surface area contributed by atoms with Crippen LogP contribution in [0.3, 0.4) is 0 Å². The minimum Gasteiger partial charge on any atom is -0.481 e. The highest BCUT2D eigenvalue weighted by Gasteiger charge is 2.30. The summed E-state index contributed by atoms with van der Waals surface area (Å²) in [6.07, 6.45) is 2.30. The lowest BCUT2D eigenvalue weighted by Gasteiger charge is -2.27. The number of nitrogens with one attached hydrogen (secondary N) is 1. The minimum absolute atomic E-state index is 0.0277. The number of hydrogen-bond acceptors (Lipinski definition) is 4. The molecule has 8 nitrogen and oxygen atoms in total. The molecule has 0 amide bonds. The molecule has 0 aromatic heterocycles. The Morgan fingerprint density at radius 2 is 2.00 bits per heavy atom. The van der Waals surface area contributed by atoms with Crippen LogP contribution in [0.2, 0.25) is 0 Å². The highest BCUT2D eigenvalue weighted by atomic mass is 16.7. The minimum atomic E-state index is -0.804. The van der Waals surface area contributed by atoms with E-state index in [4.69, 9.17) is 16.2 Å². The lowest BCUT2D eigenvalue weighted by atomic mass is 9.82. The molecule has 8 heteroatoms. The maximum absolute atomic E-state index is 10.7. The van der Waals surface area contributed by atoms with Crippen molar-refractivity contribution >= 4 is 11.9 Å². The topological polar surface area (TPSA) is 134 Å². The van der Waals surface area contributed by atoms with E-state index in [1.54, 1.807) is 0 Å². The number of guanidine groups is 1. The zero-order valence-corrected chi connectivity index (χ0v) is 9.33. The first-order valence-corrected chi connectivity index (χ1v) is 5.40. The molecule has 1 rings (SSSR count). The van der Waals surface area contributed by atoms with Gasteiger partial charge >= 0.3 is 5.97 Å². The van der Waals surface area contributed by atoms with Crippen LogP contribution in [0.25, 0.3) is 0 Å². The van der Waals surface area contributed by atoms with Gasteiger partial charge in [0.1, 0.15) is 0 Å². The van der Waals surface area contributed by atoms with Crippen molar-refractivity contribution < 1.29 is 14.9 Å². The Morgan fingerprint density at radius 1 is 1.47 bits per heavy atom. The van der Waals surface area contributed by atoms with E-state index in [0.717, 1.165) is 0 Å². The molecule has 0 aromatic carbocycles. The molecule has 96 valence electrons. The van der Waals surface area contributed by atoms with Crippen molar-refractivity contribution in [3.05, 3.63) is 10.1 Å². The predicted molar refractivity (Wildman–Crippen MR) is 58.7 cm³/mol. The Hall–Kier alpha value is -1.86. The van der Waals surface area contributed by atoms with Crippen molar-refractivity contribution in [3.63, 3.8) is 0 Å². The third kappa shape index (κ3) is 3.58. The van der Waals surface area contributed by atoms with Gasteiger partial charge in [0, 0.05) is 0 Å². The van der Waals surface area contributed by atoms with Gasteiger partial charge in [-0.05, 0) is 31.6 Å². The largest absolute Gasteiger partial charge is 0.481 e. The summed E-state index contributed by atoms with van der Waals surface area (Å²) in [4.78, 5) is 21.3. The molecule has 1 aliphatic carbocycles. The van der Waals surface area contributed by atoms with E-state index in [9.17, 15) is 14.9 Å². The van der Waals surface area contributed by atoms with E-state index in [1.165, 1.54) is 0 Å². The van der Waals surface area contributed by atoms with Crippen LogP contribution in [0.15, 0.2) is 0 Å². The average molecular weight is 244 g/mol. The molecule has 0 unspecified atom stereocenters. The van der Waals surface area contributed by atoms with E-state index >= 15 is 0 Å². The van der Waals surface area contributed by atoms with Crippen LogP contribution in [0.5, 0.6) is 0 Å². The van der Waals surface area contributed by atoms with Crippen LogP contribution in [0.1, 0.15) is 25.7 Å². The lowest BCUT2D eigenvalue weighted by Crippen LogP contribution is -2.44. The van der Waals surface area contributed by atoms with Crippen LogP contribution in [0, 0.1) is 27.4 Å². The number of carbonyl (C=O) groups is 1. The Kier molecular flexibility index (Phi) is 4.24. The molecule has 1 fully saturated rings. The molecular weight excluding hydrogens is 228 g/mol. The molecule has 0 atom stereocenters. The average Bonchev–Trinajstić information content (AvgIpc) is 2.25. The fourth-order valence-corrected chi connectivity index (χ4v) is 2.09. The molecule has 0 aromatic rings. The van der Waals surface area contributed by atoms with Crippen molar-refractivity contribution in [2.24, 2.45) is 17.6 Å². The summed E-state index contributed by atoms with van der Waals surface area (Å²) in [5.74, 6) is -1.70. The van der Waals surface area contributed by atoms with Gasteiger partial charge in [-0.1, -0.05) is 5.01 Å². The van der Waals surface area contributed by atoms with Crippen LogP contribution in [-0.4, -0.2) is 33.6 Å². The highest BCUT2D eigenvalue weighted by molar-refractivity contribution is 5.73. The number of aliphatic carboxylic acids is 1. The molecule has 0 bridgehead atoms. The normalized spacial score (nSPS) is 24.0. The van der Waals surface area contributed by atoms with Gasteiger partial charge in [-0.15, -0.1) is 0 Å². The number of nitrogens with two attached hydrogens (primary N) is 1. The van der Waals surface area contributed by atoms with Gasteiger partial charge in [0.25, 0.3) is 5.96 Å². The van der Waals surface area contributed by atoms with Crippen LogP contribution < -0.4 is 5.73 Å². The summed E-state index contributed by atoms with van der Waals surface area (Å²) in [6, 6.07) is 0. The van der Waals surface area contributed by atoms with Crippen LogP contribution in [0.4, 0.5) is 0 Å². The fourth-order valence-electron chi connectivity index (χ4n) is 2.09. The maximum atomic E-state index is 10.7. The van der Waals surface area contributed by atoms with Gasteiger partial charge in [-0.25, -0.2) is 10.1 Å². The Balaban J connectivity index is 2.46. The summed E-state index contributed by atoms with van der Waals surface area (Å²) >= 11 is 0. The fraction of sp³-hybridized carbons (Fsp3) is 0.778. The van der Waals surface area contributed by atoms with Crippen molar-refractivity contribution in [3.8, 4) is 0 Å². The summed E-state index contributed by atoms with van der Waals surface area (Å²) in [5, 5.41) is 26.4. The number of nitro groups is 1. The number of nitrogens with zero attached hydrogens (tertiary/aromatic N) is 2. The summed E-state index contributed by atoms with van der Waals surface area (Å²) in [5.41, 5.74) is 5.10. The second-order valence-electron chi connectivity index (χ2n) is 4.26. The number of carboxylic acid groups (broad SMARTS) is 1. The smallest absolute Gasteiger partial charge is 0.306 e. The van der Waals surface area contributed by atoms with E-state index < -0.39 is 17.0 Å². The third-order valence-electron chi connectivity index (χ3n) is 3.10. The van der Waals surface area contributed by atoms with E-state index in [0.29, 0.717) is 30.7 Å². The van der Waals surface area contributed by atoms with Crippen LogP contribution in [-0.2, 0) is 4.79 Å². The number of rotatable bonds is 4. The first kappa shape index (κ1) is 13.2. The van der Waals surface area contributed by atoms with Crippen molar-refractivity contribution in [1.82, 2.24) is 5.01 Å². The Morgan fingerprint density at radius 3 is 2.35 bits per heavy atom. The van der Waals surface area contributed by atoms with Gasteiger partial charge in [0.2, 0.25) is 0 Å². The predicted octanol–water partition coefficient (Wildman–Crippen LogP) is 0.265. The molecule has 0 saturated heterocycles. The van der Waals surface area contributed by atoms with E-state index in [-0.39, 0.29) is 18.4 Å².